The van der Waals surface area contributed by atoms with Gasteiger partial charge in [0.2, 0.25) is 0 Å². The van der Waals surface area contributed by atoms with Crippen molar-refractivity contribution >= 4 is 28.8 Å². The number of nitrogens with zero attached hydrogens (tertiary/aromatic N) is 1. The molecule has 4 nitrogen and oxygen atoms in total. The van der Waals surface area contributed by atoms with E-state index in [1.54, 1.807) is 6.07 Å². The number of thiazole rings is 1. The van der Waals surface area contributed by atoms with Crippen molar-refractivity contribution in [1.29, 1.82) is 0 Å². The maximum atomic E-state index is 11.2. The van der Waals surface area contributed by atoms with Crippen LogP contribution in [0.2, 0.25) is 5.02 Å². The molecular formula is C10H8ClN3OS. The minimum atomic E-state index is -0.351. The molecule has 3 N–H and O–H groups in total. The zero-order valence-corrected chi connectivity index (χ0v) is 9.68. The van der Waals surface area contributed by atoms with Crippen molar-refractivity contribution in [3.63, 3.8) is 0 Å². The molecule has 16 heavy (non-hydrogen) atoms. The Bertz CT molecular complexity index is 526. The highest BCUT2D eigenvalue weighted by molar-refractivity contribution is 7.17. The van der Waals surface area contributed by atoms with Crippen LogP contribution < -0.4 is 11.3 Å². The van der Waals surface area contributed by atoms with Gasteiger partial charge in [-0.1, -0.05) is 29.8 Å². The van der Waals surface area contributed by atoms with E-state index in [0.29, 0.717) is 14.9 Å². The van der Waals surface area contributed by atoms with Crippen molar-refractivity contribution in [2.24, 2.45) is 5.84 Å². The first-order valence-corrected chi connectivity index (χ1v) is 5.63. The van der Waals surface area contributed by atoms with E-state index in [0.717, 1.165) is 5.56 Å². The normalized spacial score (nSPS) is 10.1. The highest BCUT2D eigenvalue weighted by Crippen LogP contribution is 2.30. The number of hydrazine groups is 1. The van der Waals surface area contributed by atoms with Crippen molar-refractivity contribution in [3.8, 4) is 10.6 Å². The number of nitrogens with two attached hydrogens (primary N) is 1. The Morgan fingerprint density at radius 2 is 2.19 bits per heavy atom. The fourth-order valence-electron chi connectivity index (χ4n) is 1.21. The molecule has 82 valence electrons. The first kappa shape index (κ1) is 11.1. The van der Waals surface area contributed by atoms with E-state index >= 15 is 0 Å². The van der Waals surface area contributed by atoms with Crippen LogP contribution in [0.5, 0.6) is 0 Å². The van der Waals surface area contributed by atoms with Gasteiger partial charge >= 0.3 is 0 Å². The van der Waals surface area contributed by atoms with E-state index in [2.05, 4.69) is 10.4 Å². The molecule has 0 spiro atoms. The van der Waals surface area contributed by atoms with E-state index < -0.39 is 0 Å². The molecule has 2 aromatic rings. The van der Waals surface area contributed by atoms with Gasteiger partial charge < -0.3 is 0 Å². The average molecular weight is 254 g/mol. The maximum Gasteiger partial charge on any atom is 0.276 e. The highest BCUT2D eigenvalue weighted by atomic mass is 35.5. The predicted octanol–water partition coefficient (Wildman–Crippen LogP) is 2.07. The molecule has 0 aliphatic carbocycles. The first-order chi connectivity index (χ1) is 7.72. The third kappa shape index (κ3) is 2.06. The van der Waals surface area contributed by atoms with Gasteiger partial charge in [0.15, 0.2) is 0 Å². The average Bonchev–Trinajstić information content (AvgIpc) is 2.78. The van der Waals surface area contributed by atoms with E-state index in [9.17, 15) is 4.79 Å². The summed E-state index contributed by atoms with van der Waals surface area (Å²) in [4.78, 5) is 15.8. The van der Waals surface area contributed by atoms with Gasteiger partial charge in [0, 0.05) is 5.56 Å². The Labute approximate surface area is 101 Å². The van der Waals surface area contributed by atoms with Crippen LogP contribution in [0.25, 0.3) is 10.6 Å². The number of benzene rings is 1. The highest BCUT2D eigenvalue weighted by Gasteiger charge is 2.11. The quantitative estimate of drug-likeness (QED) is 0.489. The summed E-state index contributed by atoms with van der Waals surface area (Å²) >= 11 is 7.27. The van der Waals surface area contributed by atoms with Crippen LogP contribution in [-0.4, -0.2) is 10.9 Å². The Hall–Kier alpha value is -1.43. The second kappa shape index (κ2) is 4.61. The lowest BCUT2D eigenvalue weighted by atomic mass is 10.2. The second-order valence-corrected chi connectivity index (χ2v) is 4.42. The minimum Gasteiger partial charge on any atom is -0.289 e. The lowest BCUT2D eigenvalue weighted by molar-refractivity contribution is 0.0957. The molecule has 0 fully saturated rings. The smallest absolute Gasteiger partial charge is 0.276 e. The largest absolute Gasteiger partial charge is 0.289 e. The monoisotopic (exact) mass is 253 g/mol. The van der Waals surface area contributed by atoms with Crippen molar-refractivity contribution in [2.75, 3.05) is 0 Å². The molecule has 0 aliphatic heterocycles. The minimum absolute atomic E-state index is 0.351. The number of rotatable bonds is 2. The second-order valence-electron chi connectivity index (χ2n) is 2.98. The molecule has 1 aromatic heterocycles. The Morgan fingerprint density at radius 3 is 2.88 bits per heavy atom. The van der Waals surface area contributed by atoms with Crippen LogP contribution in [0.1, 0.15) is 9.67 Å². The summed E-state index contributed by atoms with van der Waals surface area (Å²) in [5.74, 6) is 4.68. The molecule has 0 unspecified atom stereocenters. The van der Waals surface area contributed by atoms with Gasteiger partial charge in [-0.2, -0.15) is 0 Å². The fourth-order valence-corrected chi connectivity index (χ4v) is 2.35. The zero-order chi connectivity index (χ0) is 11.5. The summed E-state index contributed by atoms with van der Waals surface area (Å²) in [6, 6.07) is 7.34. The molecule has 0 aliphatic rings. The fraction of sp³-hybridized carbons (Fsp3) is 0. The Kier molecular flexibility index (Phi) is 3.19. The van der Waals surface area contributed by atoms with E-state index in [4.69, 9.17) is 17.4 Å². The van der Waals surface area contributed by atoms with Crippen LogP contribution >= 0.6 is 22.9 Å². The van der Waals surface area contributed by atoms with Crippen molar-refractivity contribution in [2.45, 2.75) is 0 Å². The van der Waals surface area contributed by atoms with Crippen molar-refractivity contribution in [3.05, 3.63) is 40.4 Å². The number of halogens is 1. The molecule has 2 rings (SSSR count). The Balaban J connectivity index is 2.39. The molecule has 0 bridgehead atoms. The molecule has 1 aromatic carbocycles. The third-order valence-electron chi connectivity index (χ3n) is 1.96. The first-order valence-electron chi connectivity index (χ1n) is 4.44. The van der Waals surface area contributed by atoms with Crippen LogP contribution in [0.4, 0.5) is 0 Å². The van der Waals surface area contributed by atoms with E-state index in [-0.39, 0.29) is 5.91 Å². The summed E-state index contributed by atoms with van der Waals surface area (Å²) < 4.78 is 0. The molecule has 0 radical (unpaired) electrons. The SMILES string of the molecule is NNC(=O)c1cnc(-c2ccccc2Cl)s1. The van der Waals surface area contributed by atoms with Crippen LogP contribution in [-0.2, 0) is 0 Å². The molecule has 0 saturated heterocycles. The van der Waals surface area contributed by atoms with Crippen molar-refractivity contribution in [1.82, 2.24) is 10.4 Å². The lowest BCUT2D eigenvalue weighted by Crippen LogP contribution is -2.29. The summed E-state index contributed by atoms with van der Waals surface area (Å²) in [6.07, 6.45) is 1.48. The molecule has 1 heterocycles. The number of aromatic nitrogens is 1. The number of carbonyl (C=O) groups excluding carboxylic acids is 1. The number of amides is 1. The van der Waals surface area contributed by atoms with Gasteiger partial charge in [-0.25, -0.2) is 10.8 Å². The number of nitrogens with one attached hydrogen (secondary N) is 1. The van der Waals surface area contributed by atoms with Gasteiger partial charge in [-0.05, 0) is 6.07 Å². The lowest BCUT2D eigenvalue weighted by Gasteiger charge is -1.98. The number of hydrogen-bond acceptors (Lipinski definition) is 4. The van der Waals surface area contributed by atoms with Gasteiger partial charge in [-0.15, -0.1) is 11.3 Å². The van der Waals surface area contributed by atoms with E-state index in [1.165, 1.54) is 17.5 Å². The number of carbonyl (C=O) groups is 1. The van der Waals surface area contributed by atoms with Crippen molar-refractivity contribution < 1.29 is 4.79 Å². The third-order valence-corrected chi connectivity index (χ3v) is 3.32. The molecule has 1 amide bonds. The van der Waals surface area contributed by atoms with Gasteiger partial charge in [0.05, 0.1) is 11.2 Å². The standard InChI is InChI=1S/C10H8ClN3OS/c11-7-4-2-1-3-6(7)10-13-5-8(16-10)9(15)14-12/h1-5H,12H2,(H,14,15). The summed E-state index contributed by atoms with van der Waals surface area (Å²) in [6.45, 7) is 0. The summed E-state index contributed by atoms with van der Waals surface area (Å²) in [7, 11) is 0. The summed E-state index contributed by atoms with van der Waals surface area (Å²) in [5.41, 5.74) is 2.87. The van der Waals surface area contributed by atoms with Gasteiger partial charge in [0.25, 0.3) is 5.91 Å². The van der Waals surface area contributed by atoms with Crippen LogP contribution in [0.3, 0.4) is 0 Å². The predicted molar refractivity (Wildman–Crippen MR) is 64.2 cm³/mol. The molecule has 0 saturated carbocycles. The molecular weight excluding hydrogens is 246 g/mol. The maximum absolute atomic E-state index is 11.2. The van der Waals surface area contributed by atoms with Crippen LogP contribution in [0, 0.1) is 0 Å². The molecule has 0 atom stereocenters. The molecule has 6 heteroatoms. The van der Waals surface area contributed by atoms with Gasteiger partial charge in [-0.3, -0.25) is 10.2 Å². The zero-order valence-electron chi connectivity index (χ0n) is 8.11. The van der Waals surface area contributed by atoms with E-state index in [1.807, 2.05) is 18.2 Å². The topological polar surface area (TPSA) is 68.0 Å². The summed E-state index contributed by atoms with van der Waals surface area (Å²) in [5, 5.41) is 1.31. The van der Waals surface area contributed by atoms with Crippen LogP contribution in [0.15, 0.2) is 30.5 Å². The van der Waals surface area contributed by atoms with Gasteiger partial charge in [0.1, 0.15) is 9.88 Å². The Morgan fingerprint density at radius 1 is 1.44 bits per heavy atom. The number of hydrogen-bond donors (Lipinski definition) is 2. The number of nitrogen functional groups attached to an aromatic ring is 1.